The summed E-state index contributed by atoms with van der Waals surface area (Å²) in [6.45, 7) is 1.49. The first-order valence-corrected chi connectivity index (χ1v) is 7.15. The highest BCUT2D eigenvalue weighted by Gasteiger charge is 2.08. The SMILES string of the molecule is CNc1ccc(Cl)c(CN(C)Cc2cccc(OC)c2)n1. The molecule has 0 bridgehead atoms. The third kappa shape index (κ3) is 4.34. The zero-order chi connectivity index (χ0) is 15.2. The van der Waals surface area contributed by atoms with Crippen LogP contribution in [0.15, 0.2) is 36.4 Å². The summed E-state index contributed by atoms with van der Waals surface area (Å²) in [4.78, 5) is 6.67. The van der Waals surface area contributed by atoms with E-state index in [9.17, 15) is 0 Å². The minimum atomic E-state index is 0.686. The van der Waals surface area contributed by atoms with Gasteiger partial charge in [-0.25, -0.2) is 4.98 Å². The summed E-state index contributed by atoms with van der Waals surface area (Å²) in [5.74, 6) is 1.69. The molecule has 0 aliphatic carbocycles. The Hall–Kier alpha value is -1.78. The molecule has 1 aromatic carbocycles. The van der Waals surface area contributed by atoms with Crippen LogP contribution in [0.25, 0.3) is 0 Å². The van der Waals surface area contributed by atoms with Gasteiger partial charge in [0.1, 0.15) is 11.6 Å². The minimum absolute atomic E-state index is 0.686. The van der Waals surface area contributed by atoms with E-state index in [-0.39, 0.29) is 0 Å². The Labute approximate surface area is 130 Å². The fourth-order valence-electron chi connectivity index (χ4n) is 2.13. The van der Waals surface area contributed by atoms with Crippen LogP contribution in [-0.4, -0.2) is 31.1 Å². The van der Waals surface area contributed by atoms with Crippen LogP contribution < -0.4 is 10.1 Å². The molecule has 0 saturated heterocycles. The Morgan fingerprint density at radius 1 is 1.24 bits per heavy atom. The molecule has 1 heterocycles. The van der Waals surface area contributed by atoms with Crippen molar-refractivity contribution in [1.29, 1.82) is 0 Å². The molecule has 0 aliphatic rings. The van der Waals surface area contributed by atoms with E-state index in [1.54, 1.807) is 7.11 Å². The first-order valence-electron chi connectivity index (χ1n) is 6.77. The summed E-state index contributed by atoms with van der Waals surface area (Å²) < 4.78 is 5.24. The van der Waals surface area contributed by atoms with Crippen molar-refractivity contribution in [1.82, 2.24) is 9.88 Å². The molecule has 2 rings (SSSR count). The molecule has 5 heteroatoms. The second-order valence-corrected chi connectivity index (χ2v) is 5.31. The number of hydrogen-bond donors (Lipinski definition) is 1. The molecule has 112 valence electrons. The Bertz CT molecular complexity index is 604. The van der Waals surface area contributed by atoms with Crippen molar-refractivity contribution in [2.24, 2.45) is 0 Å². The quantitative estimate of drug-likeness (QED) is 0.887. The largest absolute Gasteiger partial charge is 0.497 e. The van der Waals surface area contributed by atoms with Crippen LogP contribution in [-0.2, 0) is 13.1 Å². The molecule has 4 nitrogen and oxygen atoms in total. The van der Waals surface area contributed by atoms with Crippen LogP contribution in [0.1, 0.15) is 11.3 Å². The molecule has 0 saturated carbocycles. The van der Waals surface area contributed by atoms with Crippen molar-refractivity contribution >= 4 is 17.4 Å². The molecule has 2 aromatic rings. The number of methoxy groups -OCH3 is 1. The second kappa shape index (κ2) is 7.29. The first-order chi connectivity index (χ1) is 10.1. The molecule has 1 aromatic heterocycles. The molecule has 0 fully saturated rings. The maximum atomic E-state index is 6.21. The van der Waals surface area contributed by atoms with E-state index in [4.69, 9.17) is 16.3 Å². The Morgan fingerprint density at radius 2 is 2.05 bits per heavy atom. The standard InChI is InChI=1S/C16H20ClN3O/c1-18-16-8-7-14(17)15(19-16)11-20(2)10-12-5-4-6-13(9-12)21-3/h4-9H,10-11H2,1-3H3,(H,18,19). The summed E-state index contributed by atoms with van der Waals surface area (Å²) >= 11 is 6.21. The molecule has 0 radical (unpaired) electrons. The number of nitrogens with zero attached hydrogens (tertiary/aromatic N) is 2. The number of nitrogens with one attached hydrogen (secondary N) is 1. The topological polar surface area (TPSA) is 37.4 Å². The highest BCUT2D eigenvalue weighted by molar-refractivity contribution is 6.31. The van der Waals surface area contributed by atoms with Crippen LogP contribution in [0.4, 0.5) is 5.82 Å². The van der Waals surface area contributed by atoms with Crippen LogP contribution >= 0.6 is 11.6 Å². The van der Waals surface area contributed by atoms with E-state index in [1.807, 2.05) is 44.4 Å². The smallest absolute Gasteiger partial charge is 0.126 e. The molecule has 0 atom stereocenters. The number of aromatic nitrogens is 1. The maximum absolute atomic E-state index is 6.21. The molecule has 1 N–H and O–H groups in total. The summed E-state index contributed by atoms with van der Waals surface area (Å²) in [5.41, 5.74) is 2.06. The molecule has 0 aliphatic heterocycles. The van der Waals surface area contributed by atoms with Crippen molar-refractivity contribution in [3.05, 3.63) is 52.7 Å². The van der Waals surface area contributed by atoms with E-state index >= 15 is 0 Å². The van der Waals surface area contributed by atoms with E-state index in [0.717, 1.165) is 23.8 Å². The number of hydrogen-bond acceptors (Lipinski definition) is 4. The minimum Gasteiger partial charge on any atom is -0.497 e. The number of rotatable bonds is 6. The fourth-order valence-corrected chi connectivity index (χ4v) is 2.29. The van der Waals surface area contributed by atoms with E-state index in [2.05, 4.69) is 21.3 Å². The van der Waals surface area contributed by atoms with Crippen molar-refractivity contribution < 1.29 is 4.74 Å². The van der Waals surface area contributed by atoms with Gasteiger partial charge in [-0.3, -0.25) is 4.90 Å². The van der Waals surface area contributed by atoms with Crippen LogP contribution in [0.5, 0.6) is 5.75 Å². The lowest BCUT2D eigenvalue weighted by molar-refractivity contribution is 0.314. The van der Waals surface area contributed by atoms with Gasteiger partial charge in [0, 0.05) is 20.1 Å². The van der Waals surface area contributed by atoms with Gasteiger partial charge >= 0.3 is 0 Å². The normalized spacial score (nSPS) is 10.7. The summed E-state index contributed by atoms with van der Waals surface area (Å²) in [7, 11) is 5.57. The van der Waals surface area contributed by atoms with E-state index in [0.29, 0.717) is 11.6 Å². The third-order valence-corrected chi connectivity index (χ3v) is 3.53. The highest BCUT2D eigenvalue weighted by Crippen LogP contribution is 2.19. The number of halogens is 1. The molecular weight excluding hydrogens is 286 g/mol. The fraction of sp³-hybridized carbons (Fsp3) is 0.312. The first kappa shape index (κ1) is 15.6. The number of pyridine rings is 1. The van der Waals surface area contributed by atoms with Gasteiger partial charge in [0.05, 0.1) is 17.8 Å². The second-order valence-electron chi connectivity index (χ2n) is 4.90. The predicted molar refractivity (Wildman–Crippen MR) is 87.0 cm³/mol. The van der Waals surface area contributed by atoms with Crippen molar-refractivity contribution in [3.8, 4) is 5.75 Å². The molecule has 0 amide bonds. The third-order valence-electron chi connectivity index (χ3n) is 3.18. The highest BCUT2D eigenvalue weighted by atomic mass is 35.5. The van der Waals surface area contributed by atoms with E-state index in [1.165, 1.54) is 5.56 Å². The van der Waals surface area contributed by atoms with Gasteiger partial charge in [-0.1, -0.05) is 23.7 Å². The van der Waals surface area contributed by atoms with Gasteiger partial charge in [0.2, 0.25) is 0 Å². The number of ether oxygens (including phenoxy) is 1. The lowest BCUT2D eigenvalue weighted by Crippen LogP contribution is -2.18. The van der Waals surface area contributed by atoms with Gasteiger partial charge in [0.25, 0.3) is 0 Å². The number of anilines is 1. The maximum Gasteiger partial charge on any atom is 0.126 e. The van der Waals surface area contributed by atoms with Gasteiger partial charge in [0.15, 0.2) is 0 Å². The van der Waals surface area contributed by atoms with Gasteiger partial charge in [-0.05, 0) is 36.9 Å². The summed E-state index contributed by atoms with van der Waals surface area (Å²) in [6.07, 6.45) is 0. The zero-order valence-corrected chi connectivity index (χ0v) is 13.3. The average Bonchev–Trinajstić information content (AvgIpc) is 2.49. The molecular formula is C16H20ClN3O. The monoisotopic (exact) mass is 305 g/mol. The number of benzene rings is 1. The Morgan fingerprint density at radius 3 is 2.76 bits per heavy atom. The van der Waals surface area contributed by atoms with Crippen molar-refractivity contribution in [3.63, 3.8) is 0 Å². The summed E-state index contributed by atoms with van der Waals surface area (Å²) in [6, 6.07) is 11.8. The van der Waals surface area contributed by atoms with E-state index < -0.39 is 0 Å². The van der Waals surface area contributed by atoms with Crippen molar-refractivity contribution in [2.75, 3.05) is 26.5 Å². The molecule has 0 spiro atoms. The molecule has 21 heavy (non-hydrogen) atoms. The van der Waals surface area contributed by atoms with Crippen LogP contribution in [0, 0.1) is 0 Å². The lowest BCUT2D eigenvalue weighted by atomic mass is 10.2. The average molecular weight is 306 g/mol. The Kier molecular flexibility index (Phi) is 5.42. The Balaban J connectivity index is 2.05. The van der Waals surface area contributed by atoms with Gasteiger partial charge in [-0.15, -0.1) is 0 Å². The van der Waals surface area contributed by atoms with Gasteiger partial charge in [-0.2, -0.15) is 0 Å². The van der Waals surface area contributed by atoms with Gasteiger partial charge < -0.3 is 10.1 Å². The van der Waals surface area contributed by atoms with Crippen LogP contribution in [0.2, 0.25) is 5.02 Å². The zero-order valence-electron chi connectivity index (χ0n) is 12.6. The predicted octanol–water partition coefficient (Wildman–Crippen LogP) is 3.42. The molecule has 0 unspecified atom stereocenters. The van der Waals surface area contributed by atoms with Crippen molar-refractivity contribution in [2.45, 2.75) is 13.1 Å². The summed E-state index contributed by atoms with van der Waals surface area (Å²) in [5, 5.41) is 3.71. The van der Waals surface area contributed by atoms with Crippen LogP contribution in [0.3, 0.4) is 0 Å². The lowest BCUT2D eigenvalue weighted by Gasteiger charge is -2.18.